The second kappa shape index (κ2) is 10.3. The van der Waals surface area contributed by atoms with Crippen LogP contribution in [0, 0.1) is 13.8 Å². The number of primary amides is 1. The van der Waals surface area contributed by atoms with Crippen molar-refractivity contribution in [1.29, 1.82) is 0 Å². The first kappa shape index (κ1) is 22.0. The molecule has 0 atom stereocenters. The molecule has 28 heavy (non-hydrogen) atoms. The predicted octanol–water partition coefficient (Wildman–Crippen LogP) is 4.15. The van der Waals surface area contributed by atoms with Gasteiger partial charge in [0.1, 0.15) is 9.88 Å². The minimum Gasteiger partial charge on any atom is -0.462 e. The van der Waals surface area contributed by atoms with Crippen molar-refractivity contribution in [2.24, 2.45) is 5.73 Å². The number of nitrogens with one attached hydrogen (secondary N) is 1. The van der Waals surface area contributed by atoms with Crippen molar-refractivity contribution in [3.63, 3.8) is 0 Å². The lowest BCUT2D eigenvalue weighted by Gasteiger charge is -2.05. The fourth-order valence-corrected chi connectivity index (χ4v) is 4.51. The van der Waals surface area contributed by atoms with Crippen molar-refractivity contribution in [3.05, 3.63) is 45.8 Å². The highest BCUT2D eigenvalue weighted by molar-refractivity contribution is 7.99. The second-order valence-electron chi connectivity index (χ2n) is 6.16. The second-order valence-corrected chi connectivity index (χ2v) is 8.35. The van der Waals surface area contributed by atoms with Gasteiger partial charge in [-0.3, -0.25) is 9.59 Å². The van der Waals surface area contributed by atoms with Gasteiger partial charge in [-0.25, -0.2) is 4.79 Å². The van der Waals surface area contributed by atoms with Crippen LogP contribution >= 0.6 is 23.1 Å². The SMILES string of the molecule is CCOC(=O)c1sc(NC(=O)CCCSc2ccc(C)cc2)c(C(N)=O)c1C. The Morgan fingerprint density at radius 1 is 1.18 bits per heavy atom. The molecule has 1 aromatic carbocycles. The number of thioether (sulfide) groups is 1. The average molecular weight is 421 g/mol. The Hall–Kier alpha value is -2.32. The number of carbonyl (C=O) groups is 3. The van der Waals surface area contributed by atoms with Gasteiger partial charge >= 0.3 is 5.97 Å². The van der Waals surface area contributed by atoms with Gasteiger partial charge in [0.05, 0.1) is 12.2 Å². The quantitative estimate of drug-likeness (QED) is 0.361. The summed E-state index contributed by atoms with van der Waals surface area (Å²) in [6.45, 7) is 5.59. The number of amides is 2. The standard InChI is InChI=1S/C20H24N2O4S2/c1-4-26-20(25)17-13(3)16(18(21)24)19(28-17)22-15(23)6-5-11-27-14-9-7-12(2)8-10-14/h7-10H,4-6,11H2,1-3H3,(H2,21,24)(H,22,23). The molecule has 0 aliphatic rings. The number of rotatable bonds is 9. The van der Waals surface area contributed by atoms with E-state index < -0.39 is 11.9 Å². The summed E-state index contributed by atoms with van der Waals surface area (Å²) < 4.78 is 4.99. The monoisotopic (exact) mass is 420 g/mol. The van der Waals surface area contributed by atoms with E-state index in [9.17, 15) is 14.4 Å². The van der Waals surface area contributed by atoms with Crippen molar-refractivity contribution in [2.75, 3.05) is 17.7 Å². The Bertz CT molecular complexity index is 860. The molecule has 1 heterocycles. The predicted molar refractivity (Wildman–Crippen MR) is 113 cm³/mol. The summed E-state index contributed by atoms with van der Waals surface area (Å²) in [6, 6.07) is 8.23. The van der Waals surface area contributed by atoms with Crippen molar-refractivity contribution in [2.45, 2.75) is 38.5 Å². The normalized spacial score (nSPS) is 10.5. The molecule has 0 saturated heterocycles. The van der Waals surface area contributed by atoms with Crippen molar-refractivity contribution in [1.82, 2.24) is 0 Å². The van der Waals surface area contributed by atoms with E-state index in [4.69, 9.17) is 10.5 Å². The Labute approximate surface area is 172 Å². The molecule has 0 radical (unpaired) electrons. The van der Waals surface area contributed by atoms with Gasteiger partial charge in [-0.05, 0) is 50.6 Å². The fourth-order valence-electron chi connectivity index (χ4n) is 2.54. The Kier molecular flexibility index (Phi) is 8.07. The number of thiophene rings is 1. The molecule has 3 N–H and O–H groups in total. The van der Waals surface area contributed by atoms with Gasteiger partial charge in [0.15, 0.2) is 0 Å². The smallest absolute Gasteiger partial charge is 0.348 e. The molecule has 0 unspecified atom stereocenters. The van der Waals surface area contributed by atoms with E-state index in [1.165, 1.54) is 5.56 Å². The Morgan fingerprint density at radius 3 is 2.46 bits per heavy atom. The number of aryl methyl sites for hydroxylation is 1. The summed E-state index contributed by atoms with van der Waals surface area (Å²) >= 11 is 2.70. The molecule has 2 rings (SSSR count). The molecule has 0 fully saturated rings. The first-order valence-electron chi connectivity index (χ1n) is 8.93. The first-order chi connectivity index (χ1) is 13.3. The van der Waals surface area contributed by atoms with E-state index in [1.54, 1.807) is 25.6 Å². The summed E-state index contributed by atoms with van der Waals surface area (Å²) in [6.07, 6.45) is 0.994. The van der Waals surface area contributed by atoms with Gasteiger partial charge in [0.25, 0.3) is 5.91 Å². The zero-order chi connectivity index (χ0) is 20.7. The maximum atomic E-state index is 12.3. The number of ether oxygens (including phenoxy) is 1. The minimum absolute atomic E-state index is 0.162. The third-order valence-electron chi connectivity index (χ3n) is 3.94. The molecule has 1 aromatic heterocycles. The molecule has 150 valence electrons. The third kappa shape index (κ3) is 5.84. The van der Waals surface area contributed by atoms with Gasteiger partial charge < -0.3 is 15.8 Å². The van der Waals surface area contributed by atoms with Crippen LogP contribution in [0.2, 0.25) is 0 Å². The van der Waals surface area contributed by atoms with Gasteiger partial charge in [0.2, 0.25) is 5.91 Å². The van der Waals surface area contributed by atoms with E-state index in [0.717, 1.165) is 22.0 Å². The molecule has 0 aliphatic heterocycles. The zero-order valence-electron chi connectivity index (χ0n) is 16.2. The lowest BCUT2D eigenvalue weighted by molar-refractivity contribution is -0.116. The molecule has 0 spiro atoms. The molecule has 0 aliphatic carbocycles. The molecular formula is C20H24N2O4S2. The third-order valence-corrected chi connectivity index (χ3v) is 6.23. The van der Waals surface area contributed by atoms with Crippen LogP contribution < -0.4 is 11.1 Å². The molecule has 6 nitrogen and oxygen atoms in total. The van der Waals surface area contributed by atoms with Crippen LogP contribution in [0.15, 0.2) is 29.2 Å². The van der Waals surface area contributed by atoms with E-state index >= 15 is 0 Å². The molecule has 2 aromatic rings. The number of benzene rings is 1. The fraction of sp³-hybridized carbons (Fsp3) is 0.350. The molecule has 0 saturated carbocycles. The summed E-state index contributed by atoms with van der Waals surface area (Å²) in [7, 11) is 0. The number of hydrogen-bond acceptors (Lipinski definition) is 6. The van der Waals surface area contributed by atoms with E-state index in [2.05, 4.69) is 29.6 Å². The number of nitrogens with two attached hydrogens (primary N) is 1. The lowest BCUT2D eigenvalue weighted by Crippen LogP contribution is -2.17. The van der Waals surface area contributed by atoms with E-state index in [0.29, 0.717) is 23.4 Å². The molecule has 0 bridgehead atoms. The molecular weight excluding hydrogens is 396 g/mol. The van der Waals surface area contributed by atoms with Gasteiger partial charge in [-0.15, -0.1) is 23.1 Å². The Morgan fingerprint density at radius 2 is 1.86 bits per heavy atom. The number of hydrogen-bond donors (Lipinski definition) is 2. The van der Waals surface area contributed by atoms with Crippen LogP contribution in [0.4, 0.5) is 5.00 Å². The average Bonchev–Trinajstić information content (AvgIpc) is 2.96. The van der Waals surface area contributed by atoms with Crippen LogP contribution in [0.3, 0.4) is 0 Å². The van der Waals surface area contributed by atoms with Crippen LogP contribution in [-0.4, -0.2) is 30.1 Å². The number of anilines is 1. The van der Waals surface area contributed by atoms with E-state index in [1.807, 2.05) is 6.92 Å². The minimum atomic E-state index is -0.686. The number of carbonyl (C=O) groups excluding carboxylic acids is 3. The summed E-state index contributed by atoms with van der Waals surface area (Å²) in [5, 5.41) is 3.01. The van der Waals surface area contributed by atoms with Crippen molar-refractivity contribution >= 4 is 45.9 Å². The highest BCUT2D eigenvalue weighted by Gasteiger charge is 2.25. The molecule has 2 amide bonds. The van der Waals surface area contributed by atoms with Crippen molar-refractivity contribution < 1.29 is 19.1 Å². The number of esters is 1. The van der Waals surface area contributed by atoms with Crippen LogP contribution in [0.1, 0.15) is 50.9 Å². The van der Waals surface area contributed by atoms with Gasteiger partial charge in [-0.1, -0.05) is 17.7 Å². The van der Waals surface area contributed by atoms with Crippen molar-refractivity contribution in [3.8, 4) is 0 Å². The Balaban J connectivity index is 1.95. The summed E-state index contributed by atoms with van der Waals surface area (Å²) in [5.41, 5.74) is 7.24. The van der Waals surface area contributed by atoms with Gasteiger partial charge in [0, 0.05) is 11.3 Å². The summed E-state index contributed by atoms with van der Waals surface area (Å²) in [5.74, 6) is -0.628. The highest BCUT2D eigenvalue weighted by Crippen LogP contribution is 2.33. The molecule has 8 heteroatoms. The first-order valence-corrected chi connectivity index (χ1v) is 10.7. The topological polar surface area (TPSA) is 98.5 Å². The van der Waals surface area contributed by atoms with Crippen LogP contribution in [-0.2, 0) is 9.53 Å². The zero-order valence-corrected chi connectivity index (χ0v) is 17.8. The lowest BCUT2D eigenvalue weighted by atomic mass is 10.1. The van der Waals surface area contributed by atoms with E-state index in [-0.39, 0.29) is 23.0 Å². The highest BCUT2D eigenvalue weighted by atomic mass is 32.2. The largest absolute Gasteiger partial charge is 0.462 e. The van der Waals surface area contributed by atoms with Crippen LogP contribution in [0.25, 0.3) is 0 Å². The van der Waals surface area contributed by atoms with Gasteiger partial charge in [-0.2, -0.15) is 0 Å². The van der Waals surface area contributed by atoms with Crippen LogP contribution in [0.5, 0.6) is 0 Å². The maximum absolute atomic E-state index is 12.3. The maximum Gasteiger partial charge on any atom is 0.348 e. The summed E-state index contributed by atoms with van der Waals surface area (Å²) in [4.78, 5) is 37.5.